The van der Waals surface area contributed by atoms with E-state index in [1.165, 1.54) is 381 Å². The monoisotopic (exact) mass is 1620 g/mol. The van der Waals surface area contributed by atoms with Gasteiger partial charge in [0.15, 0.2) is 0 Å². The second-order valence-electron chi connectivity index (χ2n) is 46.5. The second-order valence-corrected chi connectivity index (χ2v) is 46.5. The molecule has 4 unspecified atom stereocenters. The van der Waals surface area contributed by atoms with E-state index in [2.05, 4.69) is 48.5 Å². The summed E-state index contributed by atoms with van der Waals surface area (Å²) in [6.07, 6.45) is 138. The summed E-state index contributed by atoms with van der Waals surface area (Å²) in [7, 11) is 0. The minimum atomic E-state index is 0.929. The first kappa shape index (κ1) is 95.5. The van der Waals surface area contributed by atoms with Crippen LogP contribution in [0.15, 0.2) is 48.5 Å². The molecule has 0 N–H and O–H groups in total. The summed E-state index contributed by atoms with van der Waals surface area (Å²) in [6.45, 7) is 0. The van der Waals surface area contributed by atoms with Gasteiger partial charge in [-0.3, -0.25) is 0 Å². The molecule has 118 heavy (non-hydrogen) atoms. The fraction of sp³-hybridized carbons (Fsp3) is 0.898. The highest BCUT2D eigenvalue weighted by Crippen LogP contribution is 2.59. The highest BCUT2D eigenvalue weighted by atomic mass is 14.5. The molecule has 0 radical (unpaired) electrons. The van der Waals surface area contributed by atoms with E-state index in [1.54, 1.807) is 273 Å². The number of hydrogen-bond acceptors (Lipinski definition) is 0. The van der Waals surface area contributed by atoms with E-state index in [-0.39, 0.29) is 0 Å². The fourth-order valence-corrected chi connectivity index (χ4v) is 26.7. The molecule has 2 aromatic rings. The summed E-state index contributed by atoms with van der Waals surface area (Å²) in [5.74, 6) is 14.1. The molecule has 0 nitrogen and oxygen atoms in total. The third-order valence-corrected chi connectivity index (χ3v) is 36.7. The van der Waals surface area contributed by atoms with Crippen molar-refractivity contribution in [3.8, 4) is 0 Å². The Morgan fingerprint density at radius 3 is 0.542 bits per heavy atom. The van der Waals surface area contributed by atoms with Crippen molar-refractivity contribution in [2.75, 3.05) is 0 Å². The first-order chi connectivity index (χ1) is 58.4. The minimum Gasteiger partial charge on any atom is -0.0620 e. The van der Waals surface area contributed by atoms with Crippen LogP contribution < -0.4 is 0 Å². The maximum atomic E-state index is 2.26. The van der Waals surface area contributed by atoms with Gasteiger partial charge in [-0.25, -0.2) is 0 Å². The van der Waals surface area contributed by atoms with Gasteiger partial charge in [-0.05, 0) is 264 Å². The molecule has 28 aliphatic carbocycles. The molecular formula is C118H202. The normalized spacial score (nSPS) is 33.1. The van der Waals surface area contributed by atoms with Crippen LogP contribution in [-0.4, -0.2) is 0 Å². The van der Waals surface area contributed by atoms with Gasteiger partial charge >= 0.3 is 0 Å². The standard InChI is InChI=1S/C10H12.C9H10.4C8H14.C8H16.4C7H12.C7H14.C6H10.C6H12.C5H10.C4H8.C3H6/c1-2-6-10-8-4-3-7-9(10)5-1;1-2-5-9-7-3-6-8(9)4-1;1-3-7-5-2-6-8(7)4-1;1-2-8-5-3-7(1)4-6-8;1-2-7-4-5-8(3-1)6-7;1-2-4-8(5-3-1)6-7-8;1-2-4-6-8-7-5-3-1;1-3-7(4-1)5-2-6-7;1-2-7-4-3-6(1)5-7;1-2-4-7(3-1)5-6-7;1-2-4-7-5-6(7)3-1;1-2-4-6-7-5-3-1;1-2-6-3-5(1)4-6;1-2-4-6-5-3-1;1-2-4-5-3-1;1-2-4-3-1;1-2-3-1/h1-2,5-6H,3-4,7-8H2;1-2,4-5H,3,6-7H2;3*7-8H,1-6H2;1-7H2;1-8H2;1-6H2;6-7H,1-5H2;1-6H2;6-7H,1-5H2;1-7H2;5-6H,1-4H2;1-6H2;1-5H2;1-4H2;1-3H2. The molecule has 4 atom stereocenters. The Labute approximate surface area is 737 Å². The van der Waals surface area contributed by atoms with Crippen molar-refractivity contribution in [3.63, 3.8) is 0 Å². The second kappa shape index (κ2) is 56.6. The first-order valence-corrected chi connectivity index (χ1v) is 56.5. The van der Waals surface area contributed by atoms with Crippen molar-refractivity contribution in [2.24, 2.45) is 87.3 Å². The summed E-state index contributed by atoms with van der Waals surface area (Å²) in [5.41, 5.74) is 9.11. The predicted octanol–water partition coefficient (Wildman–Crippen LogP) is 39.0. The van der Waals surface area contributed by atoms with Crippen molar-refractivity contribution in [2.45, 2.75) is 584 Å². The Bertz CT molecular complexity index is 2510. The first-order valence-electron chi connectivity index (χ1n) is 56.5. The summed E-state index contributed by atoms with van der Waals surface area (Å²) in [4.78, 5) is 0. The van der Waals surface area contributed by atoms with Crippen LogP contribution in [0, 0.1) is 87.3 Å². The average molecular weight is 1620 g/mol. The number of aryl methyl sites for hydroxylation is 4. The lowest BCUT2D eigenvalue weighted by Gasteiger charge is -2.49. The Morgan fingerprint density at radius 1 is 0.136 bits per heavy atom. The van der Waals surface area contributed by atoms with Crippen LogP contribution in [0.4, 0.5) is 0 Å². The topological polar surface area (TPSA) is 0 Å². The molecule has 0 heterocycles. The number of rotatable bonds is 0. The Hall–Kier alpha value is -1.56. The zero-order valence-corrected chi connectivity index (χ0v) is 79.4. The van der Waals surface area contributed by atoms with Gasteiger partial charge in [0.1, 0.15) is 0 Å². The van der Waals surface area contributed by atoms with Gasteiger partial charge in [0.2, 0.25) is 0 Å². The Morgan fingerprint density at radius 2 is 0.339 bits per heavy atom. The highest BCUT2D eigenvalue weighted by molar-refractivity contribution is 5.31. The van der Waals surface area contributed by atoms with Crippen molar-refractivity contribution < 1.29 is 0 Å². The molecule has 0 heteroatoms. The molecule has 28 aliphatic rings. The van der Waals surface area contributed by atoms with Gasteiger partial charge in [-0.1, -0.05) is 479 Å². The molecule has 26 saturated carbocycles. The molecular weight excluding hydrogens is 1420 g/mol. The highest BCUT2D eigenvalue weighted by Gasteiger charge is 2.45. The van der Waals surface area contributed by atoms with E-state index >= 15 is 0 Å². The van der Waals surface area contributed by atoms with E-state index < -0.39 is 0 Å². The fourth-order valence-electron chi connectivity index (χ4n) is 26.7. The molecule has 26 fully saturated rings. The van der Waals surface area contributed by atoms with Crippen LogP contribution in [0.5, 0.6) is 0 Å². The van der Waals surface area contributed by atoms with Crippen LogP contribution in [0.2, 0.25) is 0 Å². The van der Waals surface area contributed by atoms with E-state index in [0.29, 0.717) is 0 Å². The van der Waals surface area contributed by atoms with Crippen LogP contribution >= 0.6 is 0 Å². The molecule has 0 aromatic heterocycles. The number of fused-ring (bicyclic) bond motifs is 12. The summed E-state index contributed by atoms with van der Waals surface area (Å²) in [6, 6.07) is 17.5. The molecule has 8 bridgehead atoms. The molecule has 0 amide bonds. The molecule has 674 valence electrons. The van der Waals surface area contributed by atoms with Gasteiger partial charge in [-0.15, -0.1) is 0 Å². The van der Waals surface area contributed by atoms with Crippen LogP contribution in [-0.2, 0) is 25.7 Å². The summed E-state index contributed by atoms with van der Waals surface area (Å²) >= 11 is 0. The predicted molar refractivity (Wildman–Crippen MR) is 519 cm³/mol. The molecule has 0 saturated heterocycles. The van der Waals surface area contributed by atoms with Gasteiger partial charge in [0.25, 0.3) is 0 Å². The number of hydrogen-bond donors (Lipinski definition) is 0. The van der Waals surface area contributed by atoms with Crippen molar-refractivity contribution in [1.29, 1.82) is 0 Å². The minimum absolute atomic E-state index is 0.929. The maximum Gasteiger partial charge on any atom is -0.0273 e. The van der Waals surface area contributed by atoms with E-state index in [1.807, 2.05) is 0 Å². The van der Waals surface area contributed by atoms with Gasteiger partial charge in [-0.2, -0.15) is 0 Å². The smallest absolute Gasteiger partial charge is 0.0273 e. The van der Waals surface area contributed by atoms with Gasteiger partial charge in [0.05, 0.1) is 0 Å². The van der Waals surface area contributed by atoms with Gasteiger partial charge in [0, 0.05) is 0 Å². The Kier molecular flexibility index (Phi) is 45.8. The molecule has 30 rings (SSSR count). The van der Waals surface area contributed by atoms with Crippen LogP contribution in [0.1, 0.15) is 581 Å². The van der Waals surface area contributed by atoms with Crippen molar-refractivity contribution in [1.82, 2.24) is 0 Å². The van der Waals surface area contributed by atoms with Crippen molar-refractivity contribution in [3.05, 3.63) is 70.8 Å². The van der Waals surface area contributed by atoms with Crippen LogP contribution in [0.3, 0.4) is 0 Å². The zero-order valence-electron chi connectivity index (χ0n) is 79.4. The summed E-state index contributed by atoms with van der Waals surface area (Å²) < 4.78 is 0. The lowest BCUT2D eigenvalue weighted by atomic mass is 9.56. The van der Waals surface area contributed by atoms with E-state index in [0.717, 1.165) is 39.9 Å². The SMILES string of the molecule is C1CC1.C1CC2(C1)CCC2.C1CC2CC1C2.C1CC2CCC(C1)C2.C1CC2CCC1C2.C1CC2CCC1CC2.C1CC2CCCC2C1.C1CCC1.C1CCC2(C1)CC2.C1CCC2(CC1)CC2.C1CCC2CC2C1.C1CCCC1.C1CCCCC1.C1CCCCCC1.C1CCCCCCC1.c1ccc2c(c1)CCC2.c1ccc2c(c1)CCCC2. The molecule has 2 aromatic carbocycles. The molecule has 0 aliphatic heterocycles. The third-order valence-electron chi connectivity index (χ3n) is 36.7. The van der Waals surface area contributed by atoms with Gasteiger partial charge < -0.3 is 0 Å². The van der Waals surface area contributed by atoms with E-state index in [9.17, 15) is 0 Å². The molecule has 3 spiro atoms. The average Bonchev–Trinajstić information content (AvgIpc) is 0.922. The maximum absolute atomic E-state index is 2.26. The van der Waals surface area contributed by atoms with E-state index in [4.69, 9.17) is 0 Å². The third kappa shape index (κ3) is 38.6. The van der Waals surface area contributed by atoms with Crippen LogP contribution in [0.25, 0.3) is 0 Å². The summed E-state index contributed by atoms with van der Waals surface area (Å²) in [5, 5.41) is 0. The lowest BCUT2D eigenvalue weighted by Crippen LogP contribution is -2.35. The number of benzene rings is 2. The van der Waals surface area contributed by atoms with Crippen molar-refractivity contribution >= 4 is 0 Å². The largest absolute Gasteiger partial charge is 0.0620 e. The Balaban J connectivity index is 0.000000116. The quantitative estimate of drug-likeness (QED) is 0.231. The zero-order chi connectivity index (χ0) is 80.7. The lowest BCUT2D eigenvalue weighted by molar-refractivity contribution is 0.0314.